The molecule has 1 aromatic rings. The summed E-state index contributed by atoms with van der Waals surface area (Å²) in [6, 6.07) is 3.80. The average molecular weight is 249 g/mol. The molecule has 0 spiro atoms. The van der Waals surface area contributed by atoms with Gasteiger partial charge < -0.3 is 4.74 Å². The van der Waals surface area contributed by atoms with Gasteiger partial charge in [0.25, 0.3) is 0 Å². The van der Waals surface area contributed by atoms with Gasteiger partial charge in [-0.2, -0.15) is 0 Å². The van der Waals surface area contributed by atoms with Crippen LogP contribution >= 0.6 is 0 Å². The van der Waals surface area contributed by atoms with Crippen molar-refractivity contribution >= 4 is 5.97 Å². The van der Waals surface area contributed by atoms with Gasteiger partial charge in [0.05, 0.1) is 7.11 Å². The van der Waals surface area contributed by atoms with E-state index in [1.807, 2.05) is 12.1 Å². The second-order valence-electron chi connectivity index (χ2n) is 4.56. The highest BCUT2D eigenvalue weighted by Crippen LogP contribution is 2.10. The monoisotopic (exact) mass is 249 g/mol. The number of unbranched alkanes of at least 4 members (excludes halogenated alkanes) is 5. The van der Waals surface area contributed by atoms with E-state index in [2.05, 4.69) is 16.6 Å². The fourth-order valence-electron chi connectivity index (χ4n) is 1.96. The molecule has 0 bridgehead atoms. The predicted octanol–water partition coefficient (Wildman–Crippen LogP) is 3.77. The van der Waals surface area contributed by atoms with Gasteiger partial charge in [-0.3, -0.25) is 0 Å². The molecule has 0 unspecified atom stereocenters. The first kappa shape index (κ1) is 14.7. The summed E-state index contributed by atoms with van der Waals surface area (Å²) in [6.45, 7) is 2.23. The summed E-state index contributed by atoms with van der Waals surface area (Å²) in [6.07, 6.45) is 10.4. The Labute approximate surface area is 110 Å². The van der Waals surface area contributed by atoms with Gasteiger partial charge in [0.2, 0.25) is 0 Å². The minimum absolute atomic E-state index is 0.361. The molecular weight excluding hydrogens is 226 g/mol. The van der Waals surface area contributed by atoms with Crippen molar-refractivity contribution in [2.24, 2.45) is 0 Å². The number of pyridine rings is 1. The summed E-state index contributed by atoms with van der Waals surface area (Å²) < 4.78 is 4.66. The van der Waals surface area contributed by atoms with Crippen molar-refractivity contribution in [2.75, 3.05) is 7.11 Å². The maximum absolute atomic E-state index is 11.3. The molecule has 0 radical (unpaired) electrons. The molecule has 1 heterocycles. The second-order valence-corrected chi connectivity index (χ2v) is 4.56. The zero-order chi connectivity index (χ0) is 13.2. The molecule has 0 N–H and O–H groups in total. The number of esters is 1. The molecule has 1 aromatic heterocycles. The maximum atomic E-state index is 11.3. The summed E-state index contributed by atoms with van der Waals surface area (Å²) in [5.41, 5.74) is 1.57. The lowest BCUT2D eigenvalue weighted by molar-refractivity contribution is 0.0594. The van der Waals surface area contributed by atoms with Crippen molar-refractivity contribution in [1.29, 1.82) is 0 Å². The van der Waals surface area contributed by atoms with Gasteiger partial charge >= 0.3 is 5.97 Å². The Balaban J connectivity index is 2.32. The molecule has 0 saturated heterocycles. The molecule has 0 aliphatic rings. The third-order valence-electron chi connectivity index (χ3n) is 3.04. The number of carbonyl (C=O) groups excluding carboxylic acids is 1. The summed E-state index contributed by atoms with van der Waals surface area (Å²) >= 11 is 0. The standard InChI is InChI=1S/C15H23NO2/c1-3-4-5-6-7-8-9-13-10-11-16-14(12-13)15(17)18-2/h10-12H,3-9H2,1-2H3. The molecule has 1 rings (SSSR count). The van der Waals surface area contributed by atoms with E-state index in [-0.39, 0.29) is 5.97 Å². The molecule has 0 aliphatic heterocycles. The average Bonchev–Trinajstić information content (AvgIpc) is 2.42. The Kier molecular flexibility index (Phi) is 7.07. The normalized spacial score (nSPS) is 10.3. The zero-order valence-corrected chi connectivity index (χ0v) is 11.4. The van der Waals surface area contributed by atoms with E-state index < -0.39 is 0 Å². The smallest absolute Gasteiger partial charge is 0.356 e. The van der Waals surface area contributed by atoms with E-state index in [1.165, 1.54) is 51.2 Å². The predicted molar refractivity (Wildman–Crippen MR) is 72.7 cm³/mol. The van der Waals surface area contributed by atoms with Crippen LogP contribution in [0.15, 0.2) is 18.3 Å². The SMILES string of the molecule is CCCCCCCCc1ccnc(C(=O)OC)c1. The van der Waals surface area contributed by atoms with Crippen molar-refractivity contribution in [3.05, 3.63) is 29.6 Å². The Morgan fingerprint density at radius 1 is 1.22 bits per heavy atom. The summed E-state index contributed by atoms with van der Waals surface area (Å²) in [5, 5.41) is 0. The summed E-state index contributed by atoms with van der Waals surface area (Å²) in [5.74, 6) is -0.361. The molecule has 0 aromatic carbocycles. The van der Waals surface area contributed by atoms with Gasteiger partial charge in [-0.1, -0.05) is 39.0 Å². The van der Waals surface area contributed by atoms with E-state index in [0.717, 1.165) is 6.42 Å². The number of methoxy groups -OCH3 is 1. The van der Waals surface area contributed by atoms with Crippen LogP contribution in [0.1, 0.15) is 61.5 Å². The van der Waals surface area contributed by atoms with E-state index in [9.17, 15) is 4.79 Å². The van der Waals surface area contributed by atoms with E-state index >= 15 is 0 Å². The molecular formula is C15H23NO2. The second kappa shape index (κ2) is 8.67. The first-order valence-electron chi connectivity index (χ1n) is 6.81. The lowest BCUT2D eigenvalue weighted by atomic mass is 10.1. The summed E-state index contributed by atoms with van der Waals surface area (Å²) in [7, 11) is 1.38. The topological polar surface area (TPSA) is 39.2 Å². The van der Waals surface area contributed by atoms with Crippen molar-refractivity contribution < 1.29 is 9.53 Å². The number of nitrogens with zero attached hydrogens (tertiary/aromatic N) is 1. The Bertz CT molecular complexity index is 363. The highest BCUT2D eigenvalue weighted by molar-refractivity contribution is 5.87. The number of hydrogen-bond acceptors (Lipinski definition) is 3. The van der Waals surface area contributed by atoms with Gasteiger partial charge in [0.1, 0.15) is 5.69 Å². The molecule has 18 heavy (non-hydrogen) atoms. The molecule has 3 heteroatoms. The minimum Gasteiger partial charge on any atom is -0.464 e. The number of hydrogen-bond donors (Lipinski definition) is 0. The van der Waals surface area contributed by atoms with Crippen LogP contribution in [0.3, 0.4) is 0 Å². The fourth-order valence-corrected chi connectivity index (χ4v) is 1.96. The molecule has 0 aliphatic carbocycles. The molecule has 0 fully saturated rings. The van der Waals surface area contributed by atoms with Gasteiger partial charge in [0.15, 0.2) is 0 Å². The van der Waals surface area contributed by atoms with Crippen LogP contribution in [0.4, 0.5) is 0 Å². The number of aryl methyl sites for hydroxylation is 1. The molecule has 0 amide bonds. The largest absolute Gasteiger partial charge is 0.464 e. The van der Waals surface area contributed by atoms with Crippen molar-refractivity contribution in [3.8, 4) is 0 Å². The van der Waals surface area contributed by atoms with Gasteiger partial charge in [-0.05, 0) is 30.5 Å². The zero-order valence-electron chi connectivity index (χ0n) is 11.4. The van der Waals surface area contributed by atoms with Crippen LogP contribution < -0.4 is 0 Å². The van der Waals surface area contributed by atoms with Gasteiger partial charge in [-0.25, -0.2) is 9.78 Å². The Morgan fingerprint density at radius 2 is 1.94 bits per heavy atom. The number of carbonyl (C=O) groups is 1. The first-order chi connectivity index (χ1) is 8.77. The van der Waals surface area contributed by atoms with Crippen LogP contribution in [-0.4, -0.2) is 18.1 Å². The molecule has 0 atom stereocenters. The molecule has 0 saturated carbocycles. The minimum atomic E-state index is -0.361. The highest BCUT2D eigenvalue weighted by Gasteiger charge is 2.06. The van der Waals surface area contributed by atoms with Crippen LogP contribution in [-0.2, 0) is 11.2 Å². The van der Waals surface area contributed by atoms with E-state index in [4.69, 9.17) is 0 Å². The molecule has 3 nitrogen and oxygen atoms in total. The first-order valence-corrected chi connectivity index (χ1v) is 6.81. The molecule has 100 valence electrons. The summed E-state index contributed by atoms with van der Waals surface area (Å²) in [4.78, 5) is 15.3. The Hall–Kier alpha value is -1.38. The van der Waals surface area contributed by atoms with Crippen molar-refractivity contribution in [1.82, 2.24) is 4.98 Å². The number of rotatable bonds is 8. The van der Waals surface area contributed by atoms with Gasteiger partial charge in [-0.15, -0.1) is 0 Å². The Morgan fingerprint density at radius 3 is 2.67 bits per heavy atom. The highest BCUT2D eigenvalue weighted by atomic mass is 16.5. The lowest BCUT2D eigenvalue weighted by Crippen LogP contribution is -2.04. The van der Waals surface area contributed by atoms with Crippen molar-refractivity contribution in [3.63, 3.8) is 0 Å². The quantitative estimate of drug-likeness (QED) is 0.520. The third kappa shape index (κ3) is 5.30. The fraction of sp³-hybridized carbons (Fsp3) is 0.600. The van der Waals surface area contributed by atoms with Crippen LogP contribution in [0, 0.1) is 0 Å². The van der Waals surface area contributed by atoms with E-state index in [1.54, 1.807) is 6.20 Å². The van der Waals surface area contributed by atoms with Crippen LogP contribution in [0.25, 0.3) is 0 Å². The van der Waals surface area contributed by atoms with E-state index in [0.29, 0.717) is 5.69 Å². The maximum Gasteiger partial charge on any atom is 0.356 e. The van der Waals surface area contributed by atoms with Crippen LogP contribution in [0.5, 0.6) is 0 Å². The van der Waals surface area contributed by atoms with Gasteiger partial charge in [0, 0.05) is 6.20 Å². The van der Waals surface area contributed by atoms with Crippen LogP contribution in [0.2, 0.25) is 0 Å². The number of aromatic nitrogens is 1. The lowest BCUT2D eigenvalue weighted by Gasteiger charge is -2.03. The third-order valence-corrected chi connectivity index (χ3v) is 3.04. The van der Waals surface area contributed by atoms with Crippen molar-refractivity contribution in [2.45, 2.75) is 51.9 Å². The number of ether oxygens (including phenoxy) is 1.